The molecule has 32 heavy (non-hydrogen) atoms. The van der Waals surface area contributed by atoms with Crippen molar-refractivity contribution in [3.8, 4) is 5.75 Å². The van der Waals surface area contributed by atoms with Crippen molar-refractivity contribution in [2.45, 2.75) is 39.2 Å². The molecule has 0 fully saturated rings. The van der Waals surface area contributed by atoms with Crippen molar-refractivity contribution in [3.05, 3.63) is 89.3 Å². The van der Waals surface area contributed by atoms with Crippen LogP contribution in [0.2, 0.25) is 0 Å². The molecule has 2 aliphatic rings. The van der Waals surface area contributed by atoms with Crippen LogP contribution in [-0.2, 0) is 20.9 Å². The molecule has 4 rings (SSSR count). The van der Waals surface area contributed by atoms with Gasteiger partial charge in [0.05, 0.1) is 7.11 Å². The first-order valence-electron chi connectivity index (χ1n) is 10.9. The molecule has 1 N–H and O–H groups in total. The lowest BCUT2D eigenvalue weighted by molar-refractivity contribution is -0.144. The number of methoxy groups -OCH3 is 1. The molecule has 166 valence electrons. The number of ketones is 1. The number of rotatable bonds is 5. The van der Waals surface area contributed by atoms with Gasteiger partial charge < -0.3 is 14.8 Å². The summed E-state index contributed by atoms with van der Waals surface area (Å²) in [6, 6.07) is 17.6. The average molecular weight is 432 g/mol. The van der Waals surface area contributed by atoms with Crippen molar-refractivity contribution >= 4 is 11.8 Å². The normalized spacial score (nSPS) is 22.1. The Hall–Kier alpha value is -3.34. The van der Waals surface area contributed by atoms with Gasteiger partial charge in [0.2, 0.25) is 0 Å². The number of allylic oxidation sites excluding steroid dienone is 2. The van der Waals surface area contributed by atoms with E-state index >= 15 is 0 Å². The highest BCUT2D eigenvalue weighted by molar-refractivity contribution is 6.00. The molecule has 1 aliphatic heterocycles. The maximum atomic E-state index is 13.3. The summed E-state index contributed by atoms with van der Waals surface area (Å²) in [6.45, 7) is 8.71. The standard InChI is InChI=1S/C27H29NO4/c1-17-23(26(30)31-4)24(25-21(28-17)14-27(2,3)15-22(25)29)19-11-8-12-20(13-19)32-16-18-9-6-5-7-10-18/h5-13,23-24,28H,1,14-16H2,2-4H3. The second kappa shape index (κ2) is 8.65. The summed E-state index contributed by atoms with van der Waals surface area (Å²) in [5.41, 5.74) is 3.84. The molecular formula is C27H29NO4. The molecule has 5 nitrogen and oxygen atoms in total. The van der Waals surface area contributed by atoms with Crippen molar-refractivity contribution in [1.29, 1.82) is 0 Å². The molecule has 0 saturated carbocycles. The number of benzene rings is 2. The average Bonchev–Trinajstić information content (AvgIpc) is 2.76. The van der Waals surface area contributed by atoms with Crippen molar-refractivity contribution in [3.63, 3.8) is 0 Å². The van der Waals surface area contributed by atoms with Crippen LogP contribution in [0, 0.1) is 11.3 Å². The topological polar surface area (TPSA) is 64.6 Å². The summed E-state index contributed by atoms with van der Waals surface area (Å²) in [7, 11) is 1.36. The highest BCUT2D eigenvalue weighted by Gasteiger charge is 2.46. The Morgan fingerprint density at radius 1 is 1.12 bits per heavy atom. The van der Waals surface area contributed by atoms with E-state index in [9.17, 15) is 9.59 Å². The van der Waals surface area contributed by atoms with Gasteiger partial charge in [0.25, 0.3) is 0 Å². The van der Waals surface area contributed by atoms with Crippen LogP contribution in [0.3, 0.4) is 0 Å². The third kappa shape index (κ3) is 4.33. The molecule has 0 aromatic heterocycles. The monoisotopic (exact) mass is 431 g/mol. The number of hydrogen-bond donors (Lipinski definition) is 1. The van der Waals surface area contributed by atoms with Crippen LogP contribution < -0.4 is 10.1 Å². The fourth-order valence-electron chi connectivity index (χ4n) is 4.75. The van der Waals surface area contributed by atoms with Gasteiger partial charge in [-0.05, 0) is 35.1 Å². The predicted molar refractivity (Wildman–Crippen MR) is 123 cm³/mol. The van der Waals surface area contributed by atoms with E-state index in [4.69, 9.17) is 9.47 Å². The molecule has 0 radical (unpaired) electrons. The second-order valence-corrected chi connectivity index (χ2v) is 9.31. The van der Waals surface area contributed by atoms with E-state index in [0.29, 0.717) is 30.0 Å². The van der Waals surface area contributed by atoms with E-state index in [0.717, 1.165) is 23.2 Å². The highest BCUT2D eigenvalue weighted by Crippen LogP contribution is 2.48. The minimum absolute atomic E-state index is 0.0609. The second-order valence-electron chi connectivity index (χ2n) is 9.31. The van der Waals surface area contributed by atoms with Gasteiger partial charge in [-0.25, -0.2) is 0 Å². The van der Waals surface area contributed by atoms with Crippen LogP contribution >= 0.6 is 0 Å². The predicted octanol–water partition coefficient (Wildman–Crippen LogP) is 4.90. The van der Waals surface area contributed by atoms with Crippen molar-refractivity contribution in [2.75, 3.05) is 7.11 Å². The van der Waals surface area contributed by atoms with E-state index in [2.05, 4.69) is 25.7 Å². The summed E-state index contributed by atoms with van der Waals surface area (Å²) in [4.78, 5) is 26.1. The largest absolute Gasteiger partial charge is 0.489 e. The Morgan fingerprint density at radius 2 is 1.88 bits per heavy atom. The lowest BCUT2D eigenvalue weighted by atomic mass is 9.66. The summed E-state index contributed by atoms with van der Waals surface area (Å²) < 4.78 is 11.1. The fourth-order valence-corrected chi connectivity index (χ4v) is 4.75. The van der Waals surface area contributed by atoms with E-state index in [1.54, 1.807) is 0 Å². The first-order chi connectivity index (χ1) is 15.3. The molecule has 2 aromatic carbocycles. The van der Waals surface area contributed by atoms with Crippen LogP contribution in [0.5, 0.6) is 5.75 Å². The zero-order valence-electron chi connectivity index (χ0n) is 18.8. The van der Waals surface area contributed by atoms with Crippen LogP contribution in [0.15, 0.2) is 78.1 Å². The zero-order chi connectivity index (χ0) is 22.9. The van der Waals surface area contributed by atoms with E-state index in [1.807, 2.05) is 54.6 Å². The van der Waals surface area contributed by atoms with E-state index in [1.165, 1.54) is 7.11 Å². The minimum atomic E-state index is -0.687. The fraction of sp³-hybridized carbons (Fsp3) is 0.333. The van der Waals surface area contributed by atoms with Crippen LogP contribution in [0.25, 0.3) is 0 Å². The number of esters is 1. The van der Waals surface area contributed by atoms with Crippen LogP contribution in [0.4, 0.5) is 0 Å². The summed E-state index contributed by atoms with van der Waals surface area (Å²) in [5.74, 6) is -0.814. The molecule has 1 heterocycles. The third-order valence-electron chi connectivity index (χ3n) is 6.17. The Bertz CT molecular complexity index is 1080. The number of carbonyl (C=O) groups excluding carboxylic acids is 2. The first-order valence-corrected chi connectivity index (χ1v) is 10.9. The van der Waals surface area contributed by atoms with Crippen molar-refractivity contribution in [2.24, 2.45) is 11.3 Å². The molecular weight excluding hydrogens is 402 g/mol. The molecule has 2 aromatic rings. The zero-order valence-corrected chi connectivity index (χ0v) is 18.8. The molecule has 5 heteroatoms. The Balaban J connectivity index is 1.73. The number of nitrogens with one attached hydrogen (secondary N) is 1. The number of Topliss-reactive ketones (excluding diaryl/α,β-unsaturated/α-hetero) is 1. The van der Waals surface area contributed by atoms with Crippen molar-refractivity contribution < 1.29 is 19.1 Å². The van der Waals surface area contributed by atoms with Gasteiger partial charge in [-0.15, -0.1) is 0 Å². The summed E-state index contributed by atoms with van der Waals surface area (Å²) in [6.07, 6.45) is 1.16. The summed E-state index contributed by atoms with van der Waals surface area (Å²) in [5, 5.41) is 3.26. The van der Waals surface area contributed by atoms with E-state index < -0.39 is 17.8 Å². The SMILES string of the molecule is C=C1NC2=C(C(=O)CC(C)(C)C2)C(c2cccc(OCc3ccccc3)c2)C1C(=O)OC. The van der Waals surface area contributed by atoms with E-state index in [-0.39, 0.29) is 11.2 Å². The van der Waals surface area contributed by atoms with Gasteiger partial charge in [0.1, 0.15) is 18.3 Å². The first kappa shape index (κ1) is 21.9. The number of hydrogen-bond acceptors (Lipinski definition) is 5. The maximum Gasteiger partial charge on any atom is 0.315 e. The lowest BCUT2D eigenvalue weighted by Gasteiger charge is -2.42. The lowest BCUT2D eigenvalue weighted by Crippen LogP contribution is -2.43. The van der Waals surface area contributed by atoms with Crippen LogP contribution in [-0.4, -0.2) is 18.9 Å². The van der Waals surface area contributed by atoms with Crippen LogP contribution in [0.1, 0.15) is 43.7 Å². The number of carbonyl (C=O) groups is 2. The van der Waals surface area contributed by atoms with Gasteiger partial charge in [-0.1, -0.05) is 62.9 Å². The van der Waals surface area contributed by atoms with Gasteiger partial charge in [0, 0.05) is 29.3 Å². The Labute approximate surface area is 189 Å². The van der Waals surface area contributed by atoms with Gasteiger partial charge >= 0.3 is 5.97 Å². The smallest absolute Gasteiger partial charge is 0.315 e. The van der Waals surface area contributed by atoms with Gasteiger partial charge in [-0.3, -0.25) is 9.59 Å². The Kier molecular flexibility index (Phi) is 5.92. The highest BCUT2D eigenvalue weighted by atomic mass is 16.5. The molecule has 2 atom stereocenters. The van der Waals surface area contributed by atoms with Gasteiger partial charge in [-0.2, -0.15) is 0 Å². The molecule has 0 saturated heterocycles. The molecule has 1 aliphatic carbocycles. The molecule has 0 amide bonds. The third-order valence-corrected chi connectivity index (χ3v) is 6.17. The molecule has 2 unspecified atom stereocenters. The molecule has 0 spiro atoms. The minimum Gasteiger partial charge on any atom is -0.489 e. The Morgan fingerprint density at radius 3 is 2.59 bits per heavy atom. The molecule has 0 bridgehead atoms. The van der Waals surface area contributed by atoms with Gasteiger partial charge in [0.15, 0.2) is 5.78 Å². The maximum absolute atomic E-state index is 13.3. The number of ether oxygens (including phenoxy) is 2. The van der Waals surface area contributed by atoms with Crippen molar-refractivity contribution in [1.82, 2.24) is 5.32 Å². The summed E-state index contributed by atoms with van der Waals surface area (Å²) >= 11 is 0. The quantitative estimate of drug-likeness (QED) is 0.683.